The molecule has 0 aliphatic rings. The Morgan fingerprint density at radius 2 is 2.27 bits per heavy atom. The zero-order chi connectivity index (χ0) is 10.7. The number of nitrogens with one attached hydrogen (secondary N) is 1. The molecular formula is C10H8ClFN2S. The number of hydrogen-bond acceptors (Lipinski definition) is 3. The molecule has 0 amide bonds. The molecule has 2 nitrogen and oxygen atoms in total. The lowest BCUT2D eigenvalue weighted by molar-refractivity contribution is 0.584. The van der Waals surface area contributed by atoms with Crippen LogP contribution in [0.15, 0.2) is 30.5 Å². The molecule has 2 aromatic rings. The third-order valence-corrected chi connectivity index (χ3v) is 3.05. The summed E-state index contributed by atoms with van der Waals surface area (Å²) in [6.07, 6.45) is 1.43. The number of thiophene rings is 1. The first-order valence-corrected chi connectivity index (χ1v) is 5.53. The molecule has 0 aliphatic heterocycles. The predicted molar refractivity (Wildman–Crippen MR) is 60.9 cm³/mol. The Bertz CT molecular complexity index is 458. The van der Waals surface area contributed by atoms with Crippen LogP contribution >= 0.6 is 22.9 Å². The van der Waals surface area contributed by atoms with E-state index in [-0.39, 0.29) is 0 Å². The highest BCUT2D eigenvalue weighted by Gasteiger charge is 1.99. The Labute approximate surface area is 95.7 Å². The zero-order valence-electron chi connectivity index (χ0n) is 7.71. The molecule has 78 valence electrons. The number of pyridine rings is 1. The molecule has 0 spiro atoms. The molecule has 0 atom stereocenters. The maximum Gasteiger partial charge on any atom is 0.214 e. The molecular weight excluding hydrogens is 235 g/mol. The summed E-state index contributed by atoms with van der Waals surface area (Å²) in [7, 11) is 0. The maximum absolute atomic E-state index is 12.7. The summed E-state index contributed by atoms with van der Waals surface area (Å²) in [5.41, 5.74) is 0.715. The molecule has 0 saturated heterocycles. The number of nitrogens with zero attached hydrogens (tertiary/aromatic N) is 1. The lowest BCUT2D eigenvalue weighted by Crippen LogP contribution is -1.98. The van der Waals surface area contributed by atoms with Gasteiger partial charge in [-0.15, -0.1) is 11.3 Å². The highest BCUT2D eigenvalue weighted by atomic mass is 35.5. The van der Waals surface area contributed by atoms with E-state index >= 15 is 0 Å². The van der Waals surface area contributed by atoms with Gasteiger partial charge < -0.3 is 5.32 Å². The Morgan fingerprint density at radius 3 is 2.93 bits per heavy atom. The van der Waals surface area contributed by atoms with Crippen LogP contribution in [0.1, 0.15) is 4.88 Å². The van der Waals surface area contributed by atoms with Crippen molar-refractivity contribution in [2.45, 2.75) is 6.54 Å². The highest BCUT2D eigenvalue weighted by molar-refractivity contribution is 7.16. The van der Waals surface area contributed by atoms with Crippen LogP contribution in [0.25, 0.3) is 0 Å². The van der Waals surface area contributed by atoms with Crippen molar-refractivity contribution >= 4 is 28.6 Å². The monoisotopic (exact) mass is 242 g/mol. The van der Waals surface area contributed by atoms with Gasteiger partial charge in [-0.05, 0) is 18.2 Å². The topological polar surface area (TPSA) is 24.9 Å². The van der Waals surface area contributed by atoms with E-state index in [1.165, 1.54) is 23.6 Å². The average Bonchev–Trinajstić information content (AvgIpc) is 2.62. The van der Waals surface area contributed by atoms with Crippen LogP contribution in [-0.4, -0.2) is 4.98 Å². The molecule has 0 aliphatic carbocycles. The largest absolute Gasteiger partial charge is 0.380 e. The molecule has 0 aromatic carbocycles. The van der Waals surface area contributed by atoms with Gasteiger partial charge in [-0.25, -0.2) is 4.98 Å². The fraction of sp³-hybridized carbons (Fsp3) is 0.100. The minimum Gasteiger partial charge on any atom is -0.380 e. The van der Waals surface area contributed by atoms with Crippen molar-refractivity contribution in [1.82, 2.24) is 4.98 Å². The average molecular weight is 243 g/mol. The normalized spacial score (nSPS) is 10.3. The summed E-state index contributed by atoms with van der Waals surface area (Å²) in [6, 6.07) is 6.86. The quantitative estimate of drug-likeness (QED) is 0.833. The van der Waals surface area contributed by atoms with Gasteiger partial charge in [-0.1, -0.05) is 11.6 Å². The second-order valence-electron chi connectivity index (χ2n) is 2.93. The van der Waals surface area contributed by atoms with Gasteiger partial charge in [0.15, 0.2) is 0 Å². The molecule has 0 saturated carbocycles. The van der Waals surface area contributed by atoms with E-state index in [9.17, 15) is 4.39 Å². The lowest BCUT2D eigenvalue weighted by Gasteiger charge is -2.03. The summed E-state index contributed by atoms with van der Waals surface area (Å²) < 4.78 is 13.5. The van der Waals surface area contributed by atoms with Gasteiger partial charge in [-0.3, -0.25) is 0 Å². The summed E-state index contributed by atoms with van der Waals surface area (Å²) in [4.78, 5) is 4.58. The number of halogens is 2. The van der Waals surface area contributed by atoms with Gasteiger partial charge in [0, 0.05) is 29.4 Å². The first-order valence-electron chi connectivity index (χ1n) is 4.34. The van der Waals surface area contributed by atoms with Crippen LogP contribution in [0, 0.1) is 5.95 Å². The van der Waals surface area contributed by atoms with Crippen LogP contribution in [0.2, 0.25) is 4.34 Å². The van der Waals surface area contributed by atoms with Crippen molar-refractivity contribution in [2.24, 2.45) is 0 Å². The van der Waals surface area contributed by atoms with Crippen molar-refractivity contribution in [1.29, 1.82) is 0 Å². The van der Waals surface area contributed by atoms with Crippen LogP contribution in [0.4, 0.5) is 10.1 Å². The van der Waals surface area contributed by atoms with Gasteiger partial charge in [-0.2, -0.15) is 4.39 Å². The summed E-state index contributed by atoms with van der Waals surface area (Å²) >= 11 is 7.29. The van der Waals surface area contributed by atoms with Crippen molar-refractivity contribution in [3.05, 3.63) is 45.6 Å². The molecule has 5 heteroatoms. The molecule has 15 heavy (non-hydrogen) atoms. The fourth-order valence-electron chi connectivity index (χ4n) is 1.15. The van der Waals surface area contributed by atoms with E-state index in [0.717, 1.165) is 9.21 Å². The second-order valence-corrected chi connectivity index (χ2v) is 4.73. The van der Waals surface area contributed by atoms with Gasteiger partial charge in [0.05, 0.1) is 4.34 Å². The standard InChI is InChI=1S/C10H8ClFN2S/c11-9-2-1-8(15-9)6-14-7-3-4-13-10(12)5-7/h1-5H,6H2,(H,13,14). The molecule has 1 N–H and O–H groups in total. The predicted octanol–water partition coefficient (Wildman–Crippen LogP) is 3.55. The second kappa shape index (κ2) is 4.59. The number of rotatable bonds is 3. The van der Waals surface area contributed by atoms with Crippen LogP contribution in [0.5, 0.6) is 0 Å². The Morgan fingerprint density at radius 1 is 1.40 bits per heavy atom. The molecule has 2 aromatic heterocycles. The van der Waals surface area contributed by atoms with E-state index in [2.05, 4.69) is 10.3 Å². The molecule has 0 unspecified atom stereocenters. The molecule has 0 radical (unpaired) electrons. The highest BCUT2D eigenvalue weighted by Crippen LogP contribution is 2.22. The van der Waals surface area contributed by atoms with Crippen LogP contribution in [0.3, 0.4) is 0 Å². The van der Waals surface area contributed by atoms with E-state index in [4.69, 9.17) is 11.6 Å². The van der Waals surface area contributed by atoms with Gasteiger partial charge in [0.1, 0.15) is 0 Å². The maximum atomic E-state index is 12.7. The third kappa shape index (κ3) is 2.91. The van der Waals surface area contributed by atoms with E-state index < -0.39 is 5.95 Å². The van der Waals surface area contributed by atoms with Gasteiger partial charge in [0.2, 0.25) is 5.95 Å². The number of hydrogen-bond donors (Lipinski definition) is 1. The molecule has 0 fully saturated rings. The summed E-state index contributed by atoms with van der Waals surface area (Å²) in [6.45, 7) is 0.640. The van der Waals surface area contributed by atoms with Crippen molar-refractivity contribution in [3.63, 3.8) is 0 Å². The Kier molecular flexibility index (Phi) is 3.18. The molecule has 0 bridgehead atoms. The fourth-order valence-corrected chi connectivity index (χ4v) is 2.18. The SMILES string of the molecule is Fc1cc(NCc2ccc(Cl)s2)ccn1. The molecule has 2 heterocycles. The van der Waals surface area contributed by atoms with E-state index in [0.29, 0.717) is 12.2 Å². The van der Waals surface area contributed by atoms with Crippen LogP contribution < -0.4 is 5.32 Å². The smallest absolute Gasteiger partial charge is 0.214 e. The summed E-state index contributed by atoms with van der Waals surface area (Å²) in [5, 5.41) is 3.09. The minimum absolute atomic E-state index is 0.482. The first kappa shape index (κ1) is 10.4. The van der Waals surface area contributed by atoms with E-state index in [1.54, 1.807) is 6.07 Å². The number of anilines is 1. The third-order valence-electron chi connectivity index (χ3n) is 1.82. The number of aromatic nitrogens is 1. The lowest BCUT2D eigenvalue weighted by atomic mass is 10.4. The van der Waals surface area contributed by atoms with Gasteiger partial charge >= 0.3 is 0 Å². The first-order chi connectivity index (χ1) is 7.24. The van der Waals surface area contributed by atoms with Crippen molar-refractivity contribution in [3.8, 4) is 0 Å². The van der Waals surface area contributed by atoms with Crippen molar-refractivity contribution < 1.29 is 4.39 Å². The van der Waals surface area contributed by atoms with Crippen LogP contribution in [-0.2, 0) is 6.54 Å². The minimum atomic E-state index is -0.482. The Hall–Kier alpha value is -1.13. The van der Waals surface area contributed by atoms with Gasteiger partial charge in [0.25, 0.3) is 0 Å². The Balaban J connectivity index is 1.99. The summed E-state index contributed by atoms with van der Waals surface area (Å²) in [5.74, 6) is -0.482. The van der Waals surface area contributed by atoms with Crippen molar-refractivity contribution in [2.75, 3.05) is 5.32 Å². The van der Waals surface area contributed by atoms with E-state index in [1.807, 2.05) is 12.1 Å². The molecule has 2 rings (SSSR count). The zero-order valence-corrected chi connectivity index (χ0v) is 9.28.